The van der Waals surface area contributed by atoms with Crippen LogP contribution in [0, 0.1) is 17.5 Å². The fraction of sp³-hybridized carbons (Fsp3) is 0.154. The van der Waals surface area contributed by atoms with Gasteiger partial charge in [0.15, 0.2) is 11.6 Å². The first kappa shape index (κ1) is 23.0. The molecule has 178 valence electrons. The zero-order valence-corrected chi connectivity index (χ0v) is 19.2. The number of aromatic hydroxyl groups is 1. The Kier molecular flexibility index (Phi) is 6.25. The van der Waals surface area contributed by atoms with Gasteiger partial charge in [0.2, 0.25) is 5.91 Å². The van der Waals surface area contributed by atoms with E-state index < -0.39 is 17.5 Å². The summed E-state index contributed by atoms with van der Waals surface area (Å²) in [6, 6.07) is 16.2. The quantitative estimate of drug-likeness (QED) is 0.385. The van der Waals surface area contributed by atoms with E-state index in [0.717, 1.165) is 17.7 Å². The molecule has 5 rings (SSSR count). The van der Waals surface area contributed by atoms with Crippen LogP contribution in [0.3, 0.4) is 0 Å². The molecule has 1 aliphatic heterocycles. The number of phenols is 1. The fourth-order valence-corrected chi connectivity index (χ4v) is 5.25. The van der Waals surface area contributed by atoms with Crippen LogP contribution < -0.4 is 0 Å². The van der Waals surface area contributed by atoms with Gasteiger partial charge in [0.05, 0.1) is 17.1 Å². The summed E-state index contributed by atoms with van der Waals surface area (Å²) >= 11 is 1.45. The van der Waals surface area contributed by atoms with Crippen molar-refractivity contribution in [2.45, 2.75) is 11.8 Å². The summed E-state index contributed by atoms with van der Waals surface area (Å²) in [7, 11) is 0. The van der Waals surface area contributed by atoms with Crippen LogP contribution in [-0.2, 0) is 11.2 Å². The minimum Gasteiger partial charge on any atom is -0.508 e. The van der Waals surface area contributed by atoms with E-state index in [9.17, 15) is 23.1 Å². The van der Waals surface area contributed by atoms with Gasteiger partial charge in [-0.05, 0) is 60.5 Å². The maximum atomic E-state index is 13.9. The van der Waals surface area contributed by atoms with Gasteiger partial charge in [-0.2, -0.15) is 5.10 Å². The standard InChI is InChI=1S/C26H20F3N3O2S/c27-18-5-3-17(4-6-18)25-21(14-32(30-25)19-7-10-22(28)23(29)13-19)26-31(24(34)15-35-26)12-11-16-1-8-20(33)9-2-16/h1-10,13-14,26,33H,11-12,15H2. The molecular weight excluding hydrogens is 475 g/mol. The lowest BCUT2D eigenvalue weighted by Gasteiger charge is -2.24. The maximum Gasteiger partial charge on any atom is 0.233 e. The molecule has 0 saturated carbocycles. The van der Waals surface area contributed by atoms with E-state index in [2.05, 4.69) is 5.10 Å². The van der Waals surface area contributed by atoms with Crippen molar-refractivity contribution in [2.24, 2.45) is 0 Å². The molecule has 0 bridgehead atoms. The highest BCUT2D eigenvalue weighted by Gasteiger charge is 2.35. The summed E-state index contributed by atoms with van der Waals surface area (Å²) in [6.07, 6.45) is 2.29. The second-order valence-corrected chi connectivity index (χ2v) is 9.22. The molecule has 4 aromatic rings. The summed E-state index contributed by atoms with van der Waals surface area (Å²) in [5.74, 6) is -1.91. The Bertz CT molecular complexity index is 1370. The van der Waals surface area contributed by atoms with Gasteiger partial charge < -0.3 is 10.0 Å². The van der Waals surface area contributed by atoms with Gasteiger partial charge in [-0.25, -0.2) is 17.9 Å². The zero-order valence-electron chi connectivity index (χ0n) is 18.4. The highest BCUT2D eigenvalue weighted by Crippen LogP contribution is 2.43. The Labute approximate surface area is 203 Å². The SMILES string of the molecule is O=C1CSC(c2cn(-c3ccc(F)c(F)c3)nc2-c2ccc(F)cc2)N1CCc1ccc(O)cc1. The van der Waals surface area contributed by atoms with Crippen LogP contribution in [0.1, 0.15) is 16.5 Å². The summed E-state index contributed by atoms with van der Waals surface area (Å²) in [4.78, 5) is 14.5. The van der Waals surface area contributed by atoms with Gasteiger partial charge in [-0.1, -0.05) is 12.1 Å². The van der Waals surface area contributed by atoms with E-state index >= 15 is 0 Å². The first-order valence-electron chi connectivity index (χ1n) is 10.9. The number of thioether (sulfide) groups is 1. The molecule has 35 heavy (non-hydrogen) atoms. The van der Waals surface area contributed by atoms with Crippen LogP contribution in [-0.4, -0.2) is 38.0 Å². The molecule has 1 aromatic heterocycles. The second kappa shape index (κ2) is 9.50. The summed E-state index contributed by atoms with van der Waals surface area (Å²) in [6.45, 7) is 0.445. The van der Waals surface area contributed by atoms with E-state index in [4.69, 9.17) is 0 Å². The number of carbonyl (C=O) groups is 1. The zero-order chi connectivity index (χ0) is 24.5. The number of carbonyl (C=O) groups excluding carboxylic acids is 1. The molecule has 1 amide bonds. The van der Waals surface area contributed by atoms with Crippen molar-refractivity contribution in [3.05, 3.63) is 102 Å². The lowest BCUT2D eigenvalue weighted by atomic mass is 10.1. The molecular formula is C26H20F3N3O2S. The molecule has 9 heteroatoms. The van der Waals surface area contributed by atoms with E-state index in [1.165, 1.54) is 34.6 Å². The van der Waals surface area contributed by atoms with Gasteiger partial charge in [-0.3, -0.25) is 4.79 Å². The molecule has 2 heterocycles. The summed E-state index contributed by atoms with van der Waals surface area (Å²) in [5.41, 5.74) is 3.17. The molecule has 1 atom stereocenters. The number of halogens is 3. The number of aromatic nitrogens is 2. The van der Waals surface area contributed by atoms with Crippen LogP contribution in [0.5, 0.6) is 5.75 Å². The molecule has 1 aliphatic rings. The van der Waals surface area contributed by atoms with Crippen molar-refractivity contribution < 1.29 is 23.1 Å². The number of hydrogen-bond acceptors (Lipinski definition) is 4. The van der Waals surface area contributed by atoms with Gasteiger partial charge in [0.1, 0.15) is 16.9 Å². The summed E-state index contributed by atoms with van der Waals surface area (Å²) < 4.78 is 42.4. The van der Waals surface area contributed by atoms with E-state index in [0.29, 0.717) is 41.2 Å². The molecule has 1 fully saturated rings. The van der Waals surface area contributed by atoms with E-state index in [-0.39, 0.29) is 17.0 Å². The second-order valence-electron chi connectivity index (χ2n) is 8.15. The third-order valence-corrected chi connectivity index (χ3v) is 7.08. The minimum absolute atomic E-state index is 0.0237. The fourth-order valence-electron chi connectivity index (χ4n) is 4.03. The normalized spacial score (nSPS) is 15.7. The molecule has 0 spiro atoms. The van der Waals surface area contributed by atoms with Crippen molar-refractivity contribution in [1.29, 1.82) is 0 Å². The van der Waals surface area contributed by atoms with Crippen LogP contribution in [0.15, 0.2) is 72.9 Å². The number of rotatable bonds is 6. The number of nitrogens with zero attached hydrogens (tertiary/aromatic N) is 3. The van der Waals surface area contributed by atoms with Crippen molar-refractivity contribution in [1.82, 2.24) is 14.7 Å². The Morgan fingerprint density at radius 3 is 2.43 bits per heavy atom. The van der Waals surface area contributed by atoms with Gasteiger partial charge in [-0.15, -0.1) is 11.8 Å². The Balaban J connectivity index is 1.52. The number of amides is 1. The highest BCUT2D eigenvalue weighted by atomic mass is 32.2. The third kappa shape index (κ3) is 4.77. The van der Waals surface area contributed by atoms with Crippen LogP contribution in [0.2, 0.25) is 0 Å². The predicted octanol–water partition coefficient (Wildman–Crippen LogP) is 5.48. The lowest BCUT2D eigenvalue weighted by molar-refractivity contribution is -0.128. The molecule has 3 aromatic carbocycles. The van der Waals surface area contributed by atoms with E-state index in [1.807, 2.05) is 12.1 Å². The van der Waals surface area contributed by atoms with Gasteiger partial charge >= 0.3 is 0 Å². The average Bonchev–Trinajstić information content (AvgIpc) is 3.44. The molecule has 1 unspecified atom stereocenters. The van der Waals surface area contributed by atoms with Gasteiger partial charge in [0, 0.05) is 29.9 Å². The average molecular weight is 496 g/mol. The Morgan fingerprint density at radius 2 is 1.71 bits per heavy atom. The Hall–Kier alpha value is -3.72. The van der Waals surface area contributed by atoms with Crippen LogP contribution in [0.25, 0.3) is 16.9 Å². The Morgan fingerprint density at radius 1 is 0.971 bits per heavy atom. The monoisotopic (exact) mass is 495 g/mol. The first-order valence-corrected chi connectivity index (χ1v) is 11.9. The minimum atomic E-state index is -0.996. The number of benzene rings is 3. The molecule has 0 radical (unpaired) electrons. The van der Waals surface area contributed by atoms with Crippen molar-refractivity contribution in [3.8, 4) is 22.7 Å². The molecule has 1 saturated heterocycles. The topological polar surface area (TPSA) is 58.4 Å². The summed E-state index contributed by atoms with van der Waals surface area (Å²) in [5, 5.41) is 13.8. The van der Waals surface area contributed by atoms with Crippen molar-refractivity contribution >= 4 is 17.7 Å². The number of phenolic OH excluding ortho intramolecular Hbond substituents is 1. The van der Waals surface area contributed by atoms with Gasteiger partial charge in [0.25, 0.3) is 0 Å². The van der Waals surface area contributed by atoms with Crippen molar-refractivity contribution in [2.75, 3.05) is 12.3 Å². The number of hydrogen-bond donors (Lipinski definition) is 1. The lowest BCUT2D eigenvalue weighted by Crippen LogP contribution is -2.30. The van der Waals surface area contributed by atoms with Crippen LogP contribution >= 0.6 is 11.8 Å². The third-order valence-electron chi connectivity index (χ3n) is 5.84. The predicted molar refractivity (Wildman–Crippen MR) is 128 cm³/mol. The van der Waals surface area contributed by atoms with Crippen LogP contribution in [0.4, 0.5) is 13.2 Å². The largest absolute Gasteiger partial charge is 0.508 e. The molecule has 5 nitrogen and oxygen atoms in total. The molecule has 0 aliphatic carbocycles. The first-order chi connectivity index (χ1) is 16.9. The molecule has 1 N–H and O–H groups in total. The van der Waals surface area contributed by atoms with Crippen molar-refractivity contribution in [3.63, 3.8) is 0 Å². The maximum absolute atomic E-state index is 13.9. The van der Waals surface area contributed by atoms with E-state index in [1.54, 1.807) is 35.4 Å². The smallest absolute Gasteiger partial charge is 0.233 e. The highest BCUT2D eigenvalue weighted by molar-refractivity contribution is 8.00.